The van der Waals surface area contributed by atoms with Crippen LogP contribution in [0, 0.1) is 6.42 Å². The van der Waals surface area contributed by atoms with Gasteiger partial charge in [0.2, 0.25) is 0 Å². The third kappa shape index (κ3) is 4.36. The second-order valence-electron chi connectivity index (χ2n) is 2.30. The Morgan fingerprint density at radius 3 is 2.50 bits per heavy atom. The van der Waals surface area contributed by atoms with Crippen molar-refractivity contribution in [3.63, 3.8) is 0 Å². The number of ether oxygens (including phenoxy) is 3. The Kier molecular flexibility index (Phi) is 5.76. The van der Waals surface area contributed by atoms with Gasteiger partial charge in [0.1, 0.15) is 0 Å². The van der Waals surface area contributed by atoms with Crippen LogP contribution in [0.5, 0.6) is 0 Å². The molecule has 1 atom stereocenters. The zero-order valence-electron chi connectivity index (χ0n) is 8.00. The third-order valence-electron chi connectivity index (χ3n) is 1.22. The zero-order valence-corrected chi connectivity index (χ0v) is 8.00. The third-order valence-corrected chi connectivity index (χ3v) is 1.22. The van der Waals surface area contributed by atoms with E-state index >= 15 is 0 Å². The van der Waals surface area contributed by atoms with Crippen LogP contribution in [0.1, 0.15) is 20.8 Å². The van der Waals surface area contributed by atoms with Gasteiger partial charge in [-0.2, -0.15) is 0 Å². The summed E-state index contributed by atoms with van der Waals surface area (Å²) < 4.78 is 15.6. The molecule has 71 valence electrons. The smallest absolute Gasteiger partial charge is 0.323 e. The number of rotatable bonds is 7. The molecule has 0 N–H and O–H groups in total. The Labute approximate surface area is 74.3 Å². The molecule has 0 aliphatic heterocycles. The van der Waals surface area contributed by atoms with Crippen molar-refractivity contribution in [1.29, 1.82) is 0 Å². The van der Waals surface area contributed by atoms with Crippen molar-refractivity contribution in [1.82, 2.24) is 0 Å². The van der Waals surface area contributed by atoms with Crippen molar-refractivity contribution in [2.45, 2.75) is 26.7 Å². The first-order valence-electron chi connectivity index (χ1n) is 4.03. The van der Waals surface area contributed by atoms with Gasteiger partial charge in [-0.05, 0) is 13.3 Å². The Morgan fingerprint density at radius 1 is 1.42 bits per heavy atom. The van der Waals surface area contributed by atoms with Crippen LogP contribution >= 0.6 is 0 Å². The lowest BCUT2D eigenvalue weighted by atomic mass is 10.5. The maximum Gasteiger partial charge on any atom is 0.323 e. The summed E-state index contributed by atoms with van der Waals surface area (Å²) in [5.41, 5.74) is 0. The van der Waals surface area contributed by atoms with Crippen molar-refractivity contribution < 1.29 is 14.2 Å². The van der Waals surface area contributed by atoms with Crippen LogP contribution in [0.15, 0.2) is 12.8 Å². The van der Waals surface area contributed by atoms with E-state index in [9.17, 15) is 0 Å². The summed E-state index contributed by atoms with van der Waals surface area (Å²) in [4.78, 5) is 0. The Bertz CT molecular complexity index is 125. The Balaban J connectivity index is 3.88. The molecule has 1 radical (unpaired) electrons. The topological polar surface area (TPSA) is 27.7 Å². The zero-order chi connectivity index (χ0) is 9.45. The van der Waals surface area contributed by atoms with Crippen LogP contribution in [0.4, 0.5) is 0 Å². The van der Waals surface area contributed by atoms with Crippen LogP contribution in [-0.4, -0.2) is 19.2 Å². The summed E-state index contributed by atoms with van der Waals surface area (Å²) in [6.45, 7) is 9.96. The van der Waals surface area contributed by atoms with E-state index < -0.39 is 5.97 Å². The maximum absolute atomic E-state index is 5.29. The highest BCUT2D eigenvalue weighted by Crippen LogP contribution is 2.14. The molecule has 0 aliphatic rings. The lowest BCUT2D eigenvalue weighted by Crippen LogP contribution is -2.34. The van der Waals surface area contributed by atoms with E-state index in [1.54, 1.807) is 6.92 Å². The minimum absolute atomic E-state index is 0.490. The molecule has 0 saturated heterocycles. The summed E-state index contributed by atoms with van der Waals surface area (Å²) in [6, 6.07) is 0. The van der Waals surface area contributed by atoms with E-state index in [4.69, 9.17) is 14.2 Å². The van der Waals surface area contributed by atoms with E-state index in [0.29, 0.717) is 13.2 Å². The summed E-state index contributed by atoms with van der Waals surface area (Å²) in [5.74, 6) is -0.997. The van der Waals surface area contributed by atoms with Crippen LogP contribution in [0.2, 0.25) is 0 Å². The molecule has 3 nitrogen and oxygen atoms in total. The maximum atomic E-state index is 5.29. The van der Waals surface area contributed by atoms with Gasteiger partial charge < -0.3 is 14.2 Å². The van der Waals surface area contributed by atoms with Crippen molar-refractivity contribution in [2.75, 3.05) is 13.2 Å². The molecule has 0 aliphatic carbocycles. The molecular formula is C9H17O3. The molecule has 0 heterocycles. The molecule has 0 amide bonds. The first-order chi connectivity index (χ1) is 5.68. The molecular weight excluding hydrogens is 156 g/mol. The van der Waals surface area contributed by atoms with Gasteiger partial charge in [0, 0.05) is 6.92 Å². The van der Waals surface area contributed by atoms with Crippen molar-refractivity contribution >= 4 is 0 Å². The van der Waals surface area contributed by atoms with E-state index in [-0.39, 0.29) is 0 Å². The minimum atomic E-state index is -0.997. The van der Waals surface area contributed by atoms with Crippen LogP contribution < -0.4 is 0 Å². The predicted octanol–water partition coefficient (Wildman–Crippen LogP) is 2.10. The van der Waals surface area contributed by atoms with Crippen LogP contribution in [0.25, 0.3) is 0 Å². The number of hydrogen-bond donors (Lipinski definition) is 0. The quantitative estimate of drug-likeness (QED) is 0.436. The minimum Gasteiger partial charge on any atom is -0.448 e. The molecule has 0 saturated carbocycles. The van der Waals surface area contributed by atoms with Gasteiger partial charge in [0.15, 0.2) is 0 Å². The molecule has 0 spiro atoms. The highest BCUT2D eigenvalue weighted by Gasteiger charge is 2.25. The standard InChI is InChI=1S/C9H17O3/c1-5-8-12-9(4,10-6-2)11-7-3/h5-6H,2,7-8H2,1,3-4H3. The van der Waals surface area contributed by atoms with Gasteiger partial charge in [-0.15, -0.1) is 0 Å². The monoisotopic (exact) mass is 173 g/mol. The van der Waals surface area contributed by atoms with Gasteiger partial charge in [0.05, 0.1) is 19.5 Å². The average Bonchev–Trinajstić information content (AvgIpc) is 2.02. The average molecular weight is 173 g/mol. The van der Waals surface area contributed by atoms with Gasteiger partial charge >= 0.3 is 5.97 Å². The van der Waals surface area contributed by atoms with Crippen molar-refractivity contribution in [3.05, 3.63) is 19.3 Å². The van der Waals surface area contributed by atoms with E-state index in [2.05, 4.69) is 6.58 Å². The normalized spacial score (nSPS) is 15.2. The Hall–Kier alpha value is -0.540. The predicted molar refractivity (Wildman–Crippen MR) is 47.2 cm³/mol. The SMILES string of the molecule is C=COC(C)(OCC)OC[CH]C. The molecule has 3 heteroatoms. The molecule has 0 aromatic carbocycles. The largest absolute Gasteiger partial charge is 0.448 e. The first-order valence-corrected chi connectivity index (χ1v) is 4.03. The molecule has 0 fully saturated rings. The fraction of sp³-hybridized carbons (Fsp3) is 0.667. The lowest BCUT2D eigenvalue weighted by molar-refractivity contribution is -0.345. The van der Waals surface area contributed by atoms with E-state index in [1.807, 2.05) is 20.3 Å². The molecule has 1 unspecified atom stereocenters. The second-order valence-corrected chi connectivity index (χ2v) is 2.30. The summed E-state index contributed by atoms with van der Waals surface area (Å²) in [7, 11) is 0. The van der Waals surface area contributed by atoms with Crippen molar-refractivity contribution in [3.8, 4) is 0 Å². The van der Waals surface area contributed by atoms with Crippen LogP contribution in [0.3, 0.4) is 0 Å². The van der Waals surface area contributed by atoms with Gasteiger partial charge in [-0.3, -0.25) is 0 Å². The molecule has 0 rings (SSSR count). The Morgan fingerprint density at radius 2 is 2.08 bits per heavy atom. The first kappa shape index (κ1) is 11.5. The van der Waals surface area contributed by atoms with E-state index in [1.165, 1.54) is 6.26 Å². The summed E-state index contributed by atoms with van der Waals surface area (Å²) in [6.07, 6.45) is 3.19. The summed E-state index contributed by atoms with van der Waals surface area (Å²) in [5, 5.41) is 0. The van der Waals surface area contributed by atoms with Gasteiger partial charge in [-0.25, -0.2) is 0 Å². The fourth-order valence-corrected chi connectivity index (χ4v) is 0.758. The molecule has 0 aromatic rings. The second kappa shape index (κ2) is 6.03. The summed E-state index contributed by atoms with van der Waals surface area (Å²) >= 11 is 0. The highest BCUT2D eigenvalue weighted by molar-refractivity contribution is 4.60. The van der Waals surface area contributed by atoms with Gasteiger partial charge in [0.25, 0.3) is 0 Å². The highest BCUT2D eigenvalue weighted by atomic mass is 16.9. The molecule has 12 heavy (non-hydrogen) atoms. The number of hydrogen-bond acceptors (Lipinski definition) is 3. The fourth-order valence-electron chi connectivity index (χ4n) is 0.758. The van der Waals surface area contributed by atoms with Gasteiger partial charge in [-0.1, -0.05) is 13.5 Å². The molecule has 0 aromatic heterocycles. The van der Waals surface area contributed by atoms with Crippen molar-refractivity contribution in [2.24, 2.45) is 0 Å². The lowest BCUT2D eigenvalue weighted by Gasteiger charge is -2.27. The van der Waals surface area contributed by atoms with E-state index in [0.717, 1.165) is 0 Å². The van der Waals surface area contributed by atoms with Crippen LogP contribution in [-0.2, 0) is 14.2 Å². The molecule has 0 bridgehead atoms.